The lowest BCUT2D eigenvalue weighted by Gasteiger charge is -2.11. The topological polar surface area (TPSA) is 64.7 Å². The molecule has 4 aromatic rings. The Balaban J connectivity index is 1.75. The highest BCUT2D eigenvalue weighted by atomic mass is 35.5. The lowest BCUT2D eigenvalue weighted by molar-refractivity contribution is 0.102. The van der Waals surface area contributed by atoms with Crippen LogP contribution in [-0.2, 0) is 0 Å². The third-order valence-corrected chi connectivity index (χ3v) is 4.03. The molecule has 7 heteroatoms. The molecule has 0 radical (unpaired) electrons. The van der Waals surface area contributed by atoms with Crippen molar-refractivity contribution in [2.45, 2.75) is 0 Å². The number of amides is 1. The van der Waals surface area contributed by atoms with E-state index < -0.39 is 0 Å². The zero-order valence-electron chi connectivity index (χ0n) is 13.6. The van der Waals surface area contributed by atoms with Gasteiger partial charge in [0.1, 0.15) is 11.4 Å². The van der Waals surface area contributed by atoms with E-state index in [2.05, 4.69) is 15.4 Å². The number of halogens is 1. The number of hydrogen-bond acceptors (Lipinski definition) is 3. The molecule has 128 valence electrons. The van der Waals surface area contributed by atoms with Crippen LogP contribution in [0.15, 0.2) is 79.4 Å². The summed E-state index contributed by atoms with van der Waals surface area (Å²) in [5.41, 5.74) is 1.29. The molecule has 0 fully saturated rings. The molecule has 26 heavy (non-hydrogen) atoms. The molecule has 0 atom stereocenters. The minimum atomic E-state index is -0.300. The van der Waals surface area contributed by atoms with Gasteiger partial charge in [0.25, 0.3) is 5.91 Å². The summed E-state index contributed by atoms with van der Waals surface area (Å²) >= 11 is 5.84. The molecule has 0 aliphatic rings. The second kappa shape index (κ2) is 6.85. The fourth-order valence-electron chi connectivity index (χ4n) is 2.62. The van der Waals surface area contributed by atoms with E-state index in [1.165, 1.54) is 6.20 Å². The fraction of sp³-hybridized carbons (Fsp3) is 0. The molecule has 0 unspecified atom stereocenters. The summed E-state index contributed by atoms with van der Waals surface area (Å²) in [6, 6.07) is 16.8. The second-order valence-corrected chi connectivity index (χ2v) is 5.97. The zero-order valence-corrected chi connectivity index (χ0v) is 14.3. The molecule has 1 aromatic carbocycles. The minimum Gasteiger partial charge on any atom is -0.308 e. The van der Waals surface area contributed by atoms with Crippen molar-refractivity contribution in [3.63, 3.8) is 0 Å². The first kappa shape index (κ1) is 16.1. The summed E-state index contributed by atoms with van der Waals surface area (Å²) in [4.78, 5) is 16.9. The van der Waals surface area contributed by atoms with Gasteiger partial charge >= 0.3 is 0 Å². The van der Waals surface area contributed by atoms with E-state index in [4.69, 9.17) is 11.6 Å². The normalized spacial score (nSPS) is 10.7. The average Bonchev–Trinajstić information content (AvgIpc) is 3.33. The number of pyridine rings is 1. The van der Waals surface area contributed by atoms with Crippen LogP contribution in [0.2, 0.25) is 5.02 Å². The van der Waals surface area contributed by atoms with Gasteiger partial charge in [-0.1, -0.05) is 29.8 Å². The molecule has 3 heterocycles. The Bertz CT molecular complexity index is 1020. The molecule has 6 nitrogen and oxygen atoms in total. The molecule has 3 aromatic heterocycles. The van der Waals surface area contributed by atoms with Crippen LogP contribution in [0, 0.1) is 0 Å². The molecule has 0 bridgehead atoms. The number of carbonyl (C=O) groups excluding carboxylic acids is 1. The van der Waals surface area contributed by atoms with Crippen LogP contribution in [0.1, 0.15) is 10.4 Å². The van der Waals surface area contributed by atoms with Gasteiger partial charge in [0.05, 0.1) is 16.9 Å². The smallest absolute Gasteiger partial charge is 0.262 e. The van der Waals surface area contributed by atoms with Gasteiger partial charge in [0.15, 0.2) is 5.82 Å². The van der Waals surface area contributed by atoms with Crippen molar-refractivity contribution in [2.24, 2.45) is 0 Å². The predicted octanol–water partition coefficient (Wildman–Crippen LogP) is 3.96. The quantitative estimate of drug-likeness (QED) is 0.596. The van der Waals surface area contributed by atoms with E-state index in [1.807, 2.05) is 59.4 Å². The van der Waals surface area contributed by atoms with Crippen molar-refractivity contribution >= 4 is 23.3 Å². The summed E-state index contributed by atoms with van der Waals surface area (Å²) < 4.78 is 3.58. The molecule has 4 rings (SSSR count). The molecule has 1 amide bonds. The average molecular weight is 364 g/mol. The molecule has 0 aliphatic carbocycles. The van der Waals surface area contributed by atoms with Gasteiger partial charge < -0.3 is 9.88 Å². The standard InChI is InChI=1S/C19H14ClN5O/c20-14-8-9-17(21-12-14)23-18(26)16-13-22-25(15-6-2-1-3-7-15)19(16)24-10-4-5-11-24/h1-13H,(H,21,23,26). The number of rotatable bonds is 4. The number of nitrogens with zero attached hydrogens (tertiary/aromatic N) is 4. The van der Waals surface area contributed by atoms with E-state index in [-0.39, 0.29) is 5.91 Å². The number of carbonyl (C=O) groups is 1. The number of nitrogens with one attached hydrogen (secondary N) is 1. The third-order valence-electron chi connectivity index (χ3n) is 3.81. The van der Waals surface area contributed by atoms with E-state index in [0.717, 1.165) is 5.69 Å². The maximum absolute atomic E-state index is 12.8. The maximum Gasteiger partial charge on any atom is 0.262 e. The Labute approximate surface area is 154 Å². The van der Waals surface area contributed by atoms with Gasteiger partial charge in [-0.3, -0.25) is 4.79 Å². The molecule has 0 aliphatic heterocycles. The Morgan fingerprint density at radius 1 is 0.962 bits per heavy atom. The number of anilines is 1. The molecule has 0 saturated heterocycles. The van der Waals surface area contributed by atoms with Crippen molar-refractivity contribution in [1.29, 1.82) is 0 Å². The van der Waals surface area contributed by atoms with E-state index in [1.54, 1.807) is 23.0 Å². The summed E-state index contributed by atoms with van der Waals surface area (Å²) in [7, 11) is 0. The van der Waals surface area contributed by atoms with Gasteiger partial charge in [-0.25, -0.2) is 9.67 Å². The Kier molecular flexibility index (Phi) is 4.25. The molecule has 1 N–H and O–H groups in total. The van der Waals surface area contributed by atoms with Crippen LogP contribution in [0.4, 0.5) is 5.82 Å². The number of para-hydroxylation sites is 1. The van der Waals surface area contributed by atoms with Crippen LogP contribution in [0.25, 0.3) is 11.5 Å². The van der Waals surface area contributed by atoms with Crippen LogP contribution >= 0.6 is 11.6 Å². The van der Waals surface area contributed by atoms with Gasteiger partial charge in [-0.05, 0) is 36.4 Å². The second-order valence-electron chi connectivity index (χ2n) is 5.54. The van der Waals surface area contributed by atoms with Crippen molar-refractivity contribution in [3.8, 4) is 11.5 Å². The van der Waals surface area contributed by atoms with E-state index >= 15 is 0 Å². The highest BCUT2D eigenvalue weighted by Crippen LogP contribution is 2.21. The van der Waals surface area contributed by atoms with Crippen LogP contribution < -0.4 is 5.32 Å². The fourth-order valence-corrected chi connectivity index (χ4v) is 2.73. The maximum atomic E-state index is 12.8. The third kappa shape index (κ3) is 3.10. The predicted molar refractivity (Wildman–Crippen MR) is 100 cm³/mol. The van der Waals surface area contributed by atoms with Crippen LogP contribution in [-0.4, -0.2) is 25.2 Å². The van der Waals surface area contributed by atoms with Gasteiger partial charge in [-0.2, -0.15) is 5.10 Å². The lowest BCUT2D eigenvalue weighted by atomic mass is 10.2. The molecule has 0 spiro atoms. The van der Waals surface area contributed by atoms with Crippen molar-refractivity contribution in [3.05, 3.63) is 90.0 Å². The number of benzene rings is 1. The van der Waals surface area contributed by atoms with E-state index in [9.17, 15) is 4.79 Å². The van der Waals surface area contributed by atoms with Crippen LogP contribution in [0.3, 0.4) is 0 Å². The Morgan fingerprint density at radius 2 is 1.73 bits per heavy atom. The lowest BCUT2D eigenvalue weighted by Crippen LogP contribution is -2.16. The van der Waals surface area contributed by atoms with Gasteiger partial charge in [0, 0.05) is 18.6 Å². The highest BCUT2D eigenvalue weighted by Gasteiger charge is 2.20. The minimum absolute atomic E-state index is 0.300. The molecular formula is C19H14ClN5O. The Hall–Kier alpha value is -3.38. The molecule has 0 saturated carbocycles. The highest BCUT2D eigenvalue weighted by molar-refractivity contribution is 6.30. The van der Waals surface area contributed by atoms with Crippen molar-refractivity contribution in [1.82, 2.24) is 19.3 Å². The van der Waals surface area contributed by atoms with E-state index in [0.29, 0.717) is 22.2 Å². The SMILES string of the molecule is O=C(Nc1ccc(Cl)cn1)c1cnn(-c2ccccc2)c1-n1cccc1. The molecular weight excluding hydrogens is 350 g/mol. The first-order valence-corrected chi connectivity index (χ1v) is 8.30. The zero-order chi connectivity index (χ0) is 17.9. The van der Waals surface area contributed by atoms with Gasteiger partial charge in [0.2, 0.25) is 0 Å². The number of aromatic nitrogens is 4. The summed E-state index contributed by atoms with van der Waals surface area (Å²) in [5.74, 6) is 0.767. The van der Waals surface area contributed by atoms with Crippen molar-refractivity contribution < 1.29 is 4.79 Å². The monoisotopic (exact) mass is 363 g/mol. The number of hydrogen-bond donors (Lipinski definition) is 1. The Morgan fingerprint density at radius 3 is 2.42 bits per heavy atom. The summed E-state index contributed by atoms with van der Waals surface area (Å²) in [5, 5.41) is 7.70. The first-order chi connectivity index (χ1) is 12.7. The summed E-state index contributed by atoms with van der Waals surface area (Å²) in [6.45, 7) is 0. The largest absolute Gasteiger partial charge is 0.308 e. The first-order valence-electron chi connectivity index (χ1n) is 7.92. The van der Waals surface area contributed by atoms with Crippen molar-refractivity contribution in [2.75, 3.05) is 5.32 Å². The van der Waals surface area contributed by atoms with Crippen LogP contribution in [0.5, 0.6) is 0 Å². The van der Waals surface area contributed by atoms with Gasteiger partial charge in [-0.15, -0.1) is 0 Å². The summed E-state index contributed by atoms with van der Waals surface area (Å²) in [6.07, 6.45) is 6.77.